The van der Waals surface area contributed by atoms with Gasteiger partial charge in [-0.25, -0.2) is 31.5 Å². The van der Waals surface area contributed by atoms with Gasteiger partial charge < -0.3 is 42.0 Å². The number of nitrogens with one attached hydrogen (secondary N) is 8. The Bertz CT molecular complexity index is 3200. The number of carbonyl (C=O) groups excluding carboxylic acids is 1. The van der Waals surface area contributed by atoms with E-state index >= 15 is 0 Å². The number of hydrogen-bond acceptors (Lipinski definition) is 16. The van der Waals surface area contributed by atoms with Gasteiger partial charge in [0.15, 0.2) is 5.84 Å². The Hall–Kier alpha value is -7.28. The van der Waals surface area contributed by atoms with Crippen molar-refractivity contribution in [3.63, 3.8) is 0 Å². The zero-order valence-electron chi connectivity index (χ0n) is 41.4. The summed E-state index contributed by atoms with van der Waals surface area (Å²) in [7, 11) is -7.75. The molecule has 1 saturated heterocycles. The summed E-state index contributed by atoms with van der Waals surface area (Å²) in [6.45, 7) is 17.3. The molecule has 2 aromatic heterocycles. The van der Waals surface area contributed by atoms with Gasteiger partial charge in [0.05, 0.1) is 15.3 Å². The third-order valence-corrected chi connectivity index (χ3v) is 14.8. The zero-order valence-corrected chi connectivity index (χ0v) is 43.0. The second kappa shape index (κ2) is 20.8. The maximum atomic E-state index is 13.8. The van der Waals surface area contributed by atoms with Crippen LogP contribution >= 0.6 is 0 Å². The van der Waals surface area contributed by atoms with Crippen molar-refractivity contribution in [3.05, 3.63) is 132 Å². The smallest absolute Gasteiger partial charge is 0.241 e. The lowest BCUT2D eigenvalue weighted by Gasteiger charge is -2.35. The van der Waals surface area contributed by atoms with E-state index in [9.17, 15) is 21.6 Å². The molecule has 2 aliphatic heterocycles. The van der Waals surface area contributed by atoms with Gasteiger partial charge in [0.1, 0.15) is 18.2 Å². The minimum absolute atomic E-state index is 0.0635. The van der Waals surface area contributed by atoms with Gasteiger partial charge in [-0.1, -0.05) is 17.2 Å². The number of nitrogens with zero attached hydrogens (tertiary/aromatic N) is 8. The molecule has 72 heavy (non-hydrogen) atoms. The molecule has 0 saturated carbocycles. The van der Waals surface area contributed by atoms with Crippen molar-refractivity contribution in [2.24, 2.45) is 5.10 Å². The Morgan fingerprint density at radius 3 is 1.67 bits per heavy atom. The summed E-state index contributed by atoms with van der Waals surface area (Å²) in [5, 5.41) is 18.0. The van der Waals surface area contributed by atoms with Gasteiger partial charge in [0.2, 0.25) is 37.9 Å². The van der Waals surface area contributed by atoms with Gasteiger partial charge in [-0.3, -0.25) is 9.91 Å². The molecule has 1 fully saturated rings. The lowest BCUT2D eigenvalue weighted by Crippen LogP contribution is -3.05. The Kier molecular flexibility index (Phi) is 14.8. The highest BCUT2D eigenvalue weighted by Gasteiger charge is 2.31. The highest BCUT2D eigenvalue weighted by Crippen LogP contribution is 2.27. The topological polar surface area (TPSA) is 258 Å². The Labute approximate surface area is 420 Å². The lowest BCUT2D eigenvalue weighted by molar-refractivity contribution is -0.870. The van der Waals surface area contributed by atoms with Crippen LogP contribution in [0.4, 0.5) is 52.0 Å². The van der Waals surface area contributed by atoms with Crippen LogP contribution in [0.3, 0.4) is 0 Å². The standard InChI is InChI=1S/C49H60N16O5S2/c1-32-29-50-46(56-43(32)52-38-11-9-13-41(27-38)71(67,68)60-48(4,5)6)54-36-17-15-35(16-18-36)45-58-62-65(59-45)31-49(7,8)61-72(69,70)42-14-10-12-39(28-42)53-44-33(2)30-51-47(57-44)55-37-19-21-40(22-20-37)64-25-23-63(24-26-64)34(3)66/h9-22,27-30,60-61,65H,23-26,31H2,1-8H3,(H2,51,53,55,57)(H3,50,52,54,56,58,59). The SMILES string of the molecule is CC(=O)N1CCN(c2ccc(Nc3ncc(C)c(Nc4cccc(S(=O)(=O)NC(C)(C)C[NH+]5N=C(c6ccc(Nc7ncc(C)c(Nc8cccc(S(=O)(=O)NC(C)(C)C)c8)n7)cc6)N[N-]5)c4)n3)cc2)CC1. The second-order valence-electron chi connectivity index (χ2n) is 19.2. The zero-order chi connectivity index (χ0) is 51.4. The molecular weight excluding hydrogens is 957 g/mol. The fourth-order valence-corrected chi connectivity index (χ4v) is 10.8. The molecule has 378 valence electrons. The van der Waals surface area contributed by atoms with E-state index in [0.29, 0.717) is 64.6 Å². The number of anilines is 9. The monoisotopic (exact) mass is 1020 g/mol. The highest BCUT2D eigenvalue weighted by molar-refractivity contribution is 7.89. The molecule has 0 aliphatic carbocycles. The van der Waals surface area contributed by atoms with E-state index in [4.69, 9.17) is 0 Å². The lowest BCUT2D eigenvalue weighted by atomic mass is 10.1. The van der Waals surface area contributed by atoms with E-state index in [0.717, 1.165) is 41.2 Å². The Morgan fingerprint density at radius 1 is 0.667 bits per heavy atom. The summed E-state index contributed by atoms with van der Waals surface area (Å²) in [6, 6.07) is 28.4. The molecule has 8 rings (SSSR count). The van der Waals surface area contributed by atoms with Crippen LogP contribution in [0.25, 0.3) is 5.53 Å². The average Bonchev–Trinajstić information content (AvgIpc) is 3.78. The summed E-state index contributed by atoms with van der Waals surface area (Å²) >= 11 is 0. The molecular formula is C49H60N16O5S2. The van der Waals surface area contributed by atoms with Crippen molar-refractivity contribution >= 4 is 83.8 Å². The van der Waals surface area contributed by atoms with Crippen LogP contribution < -0.4 is 46.2 Å². The second-order valence-corrected chi connectivity index (χ2v) is 22.6. The number of rotatable bonds is 17. The summed E-state index contributed by atoms with van der Waals surface area (Å²) < 4.78 is 59.1. The van der Waals surface area contributed by atoms with Gasteiger partial charge in [-0.2, -0.15) is 14.7 Å². The Morgan fingerprint density at radius 2 is 1.17 bits per heavy atom. The van der Waals surface area contributed by atoms with E-state index in [1.807, 2.05) is 67.3 Å². The van der Waals surface area contributed by atoms with E-state index in [1.54, 1.807) is 90.3 Å². The highest BCUT2D eigenvalue weighted by atomic mass is 32.2. The Balaban J connectivity index is 0.849. The number of amides is 1. The number of amidine groups is 1. The quantitative estimate of drug-likeness (QED) is 0.0544. The van der Waals surface area contributed by atoms with Gasteiger partial charge in [0, 0.05) is 96.2 Å². The fraction of sp³-hybridized carbons (Fsp3) is 0.306. The normalized spacial score (nSPS) is 15.4. The number of carbonyl (C=O) groups is 1. The summed E-state index contributed by atoms with van der Waals surface area (Å²) in [5.41, 5.74) is 11.7. The van der Waals surface area contributed by atoms with Crippen LogP contribution in [0.2, 0.25) is 0 Å². The van der Waals surface area contributed by atoms with Gasteiger partial charge in [0.25, 0.3) is 0 Å². The van der Waals surface area contributed by atoms with Crippen molar-refractivity contribution in [1.29, 1.82) is 0 Å². The molecule has 4 aromatic carbocycles. The molecule has 0 radical (unpaired) electrons. The molecule has 4 heterocycles. The predicted octanol–water partition coefficient (Wildman–Crippen LogP) is 5.71. The third-order valence-electron chi connectivity index (χ3n) is 11.4. The predicted molar refractivity (Wildman–Crippen MR) is 280 cm³/mol. The van der Waals surface area contributed by atoms with Crippen LogP contribution in [0.15, 0.2) is 124 Å². The van der Waals surface area contributed by atoms with E-state index in [2.05, 4.69) is 71.6 Å². The molecule has 0 bridgehead atoms. The van der Waals surface area contributed by atoms with Crippen molar-refractivity contribution in [1.82, 2.24) is 39.7 Å². The average molecular weight is 1020 g/mol. The first-order chi connectivity index (χ1) is 34.1. The molecule has 1 atom stereocenters. The van der Waals surface area contributed by atoms with Crippen molar-refractivity contribution < 1.29 is 26.7 Å². The summed E-state index contributed by atoms with van der Waals surface area (Å²) in [4.78, 5) is 34.2. The van der Waals surface area contributed by atoms with Crippen LogP contribution in [0.5, 0.6) is 0 Å². The summed E-state index contributed by atoms with van der Waals surface area (Å²) in [6.07, 6.45) is 3.36. The number of piperazine rings is 1. The maximum absolute atomic E-state index is 13.8. The number of aryl methyl sites for hydroxylation is 2. The molecule has 21 nitrogen and oxygen atoms in total. The van der Waals surface area contributed by atoms with Gasteiger partial charge in [-0.15, -0.1) is 0 Å². The number of aromatic nitrogens is 4. The van der Waals surface area contributed by atoms with Crippen LogP contribution in [-0.4, -0.2) is 97.2 Å². The first kappa shape index (κ1) is 51.1. The van der Waals surface area contributed by atoms with Gasteiger partial charge >= 0.3 is 0 Å². The maximum Gasteiger partial charge on any atom is 0.241 e. The van der Waals surface area contributed by atoms with Crippen molar-refractivity contribution in [2.75, 3.05) is 58.9 Å². The molecule has 8 N–H and O–H groups in total. The van der Waals surface area contributed by atoms with Crippen LogP contribution in [-0.2, 0) is 24.8 Å². The van der Waals surface area contributed by atoms with E-state index in [-0.39, 0.29) is 22.2 Å². The largest absolute Gasteiger partial charge is 0.417 e. The third kappa shape index (κ3) is 13.2. The minimum atomic E-state index is -4.01. The van der Waals surface area contributed by atoms with Crippen LogP contribution in [0.1, 0.15) is 58.2 Å². The van der Waals surface area contributed by atoms with E-state index in [1.165, 1.54) is 12.1 Å². The number of quaternary nitrogens is 1. The summed E-state index contributed by atoms with van der Waals surface area (Å²) in [5.74, 6) is 2.30. The number of sulfonamides is 2. The fourth-order valence-electron chi connectivity index (χ4n) is 7.84. The first-order valence-electron chi connectivity index (χ1n) is 23.2. The van der Waals surface area contributed by atoms with Crippen LogP contribution in [0, 0.1) is 13.8 Å². The molecule has 0 spiro atoms. The number of benzene rings is 4. The van der Waals surface area contributed by atoms with Crippen molar-refractivity contribution in [2.45, 2.75) is 76.3 Å². The van der Waals surface area contributed by atoms with E-state index < -0.39 is 31.1 Å². The molecule has 1 unspecified atom stereocenters. The van der Waals surface area contributed by atoms with Crippen molar-refractivity contribution in [3.8, 4) is 0 Å². The molecule has 2 aliphatic rings. The molecule has 23 heteroatoms. The molecule has 1 amide bonds. The minimum Gasteiger partial charge on any atom is -0.417 e. The van der Waals surface area contributed by atoms with Gasteiger partial charge in [-0.05, 0) is 133 Å². The first-order valence-corrected chi connectivity index (χ1v) is 26.2. The molecule has 6 aromatic rings. The number of hydrogen-bond donors (Lipinski definition) is 8.